The van der Waals surface area contributed by atoms with E-state index in [1.54, 1.807) is 19.2 Å². The molecule has 1 aliphatic heterocycles. The molecule has 0 unspecified atom stereocenters. The normalized spacial score (nSPS) is 19.5. The Morgan fingerprint density at radius 2 is 2.23 bits per heavy atom. The van der Waals surface area contributed by atoms with Gasteiger partial charge in [-0.2, -0.15) is 5.26 Å². The molecule has 184 valence electrons. The average molecular weight is 480 g/mol. The van der Waals surface area contributed by atoms with Gasteiger partial charge in [0.2, 0.25) is 0 Å². The molecule has 9 heteroatoms. The Bertz CT molecular complexity index is 1250. The van der Waals surface area contributed by atoms with Crippen molar-refractivity contribution in [2.24, 2.45) is 0 Å². The predicted octanol–water partition coefficient (Wildman–Crippen LogP) is 2.70. The number of amides is 1. The smallest absolute Gasteiger partial charge is 0.251 e. The predicted molar refractivity (Wildman–Crippen MR) is 129 cm³/mol. The van der Waals surface area contributed by atoms with Gasteiger partial charge < -0.3 is 24.5 Å². The van der Waals surface area contributed by atoms with Crippen LogP contribution in [0.5, 0.6) is 0 Å². The molecular weight excluding hydrogens is 449 g/mol. The number of methoxy groups -OCH3 is 1. The summed E-state index contributed by atoms with van der Waals surface area (Å²) in [7, 11) is 1.61. The summed E-state index contributed by atoms with van der Waals surface area (Å²) < 4.78 is 28.0. The van der Waals surface area contributed by atoms with Crippen molar-refractivity contribution >= 4 is 11.4 Å². The highest BCUT2D eigenvalue weighted by Gasteiger charge is 2.25. The number of nitriles is 1. The van der Waals surface area contributed by atoms with Crippen LogP contribution in [0.3, 0.4) is 0 Å². The molecular formula is C26H30FN5O3. The first-order chi connectivity index (χ1) is 16.9. The highest BCUT2D eigenvalue weighted by Crippen LogP contribution is 2.27. The lowest BCUT2D eigenvalue weighted by atomic mass is 10.0. The van der Waals surface area contributed by atoms with Crippen LogP contribution in [0.4, 0.5) is 4.39 Å². The molecule has 1 fully saturated rings. The van der Waals surface area contributed by atoms with Gasteiger partial charge in [0, 0.05) is 43.6 Å². The summed E-state index contributed by atoms with van der Waals surface area (Å²) in [6.07, 6.45) is 3.94. The summed E-state index contributed by atoms with van der Waals surface area (Å²) >= 11 is 0. The van der Waals surface area contributed by atoms with Gasteiger partial charge in [0.25, 0.3) is 5.91 Å². The van der Waals surface area contributed by atoms with Crippen molar-refractivity contribution in [1.82, 2.24) is 20.0 Å². The second-order valence-electron chi connectivity index (χ2n) is 8.87. The van der Waals surface area contributed by atoms with Gasteiger partial charge in [-0.3, -0.25) is 9.78 Å². The molecule has 4 rings (SSSR count). The van der Waals surface area contributed by atoms with Crippen molar-refractivity contribution in [1.29, 1.82) is 5.26 Å². The number of hydrogen-bond donors (Lipinski definition) is 2. The number of carbonyl (C=O) groups excluding carboxylic acids is 1. The lowest BCUT2D eigenvalue weighted by molar-refractivity contribution is -0.136. The molecule has 1 amide bonds. The molecule has 1 aromatic carbocycles. The molecule has 3 heterocycles. The van der Waals surface area contributed by atoms with Crippen molar-refractivity contribution in [2.75, 3.05) is 26.8 Å². The number of ether oxygens (including phenoxy) is 2. The Balaban J connectivity index is 1.44. The van der Waals surface area contributed by atoms with Gasteiger partial charge in [-0.1, -0.05) is 12.1 Å². The van der Waals surface area contributed by atoms with Gasteiger partial charge in [-0.15, -0.1) is 0 Å². The zero-order valence-corrected chi connectivity index (χ0v) is 20.2. The van der Waals surface area contributed by atoms with Crippen molar-refractivity contribution in [3.05, 3.63) is 59.4 Å². The SMILES string of the molecule is CO[C@@H]1CCNC[C@@H](C(=O)N[C@H](C#N)Cc2ccc(-c3cc4c(C)nc(C)cn4c3)c(F)c2)OC1. The molecule has 0 bridgehead atoms. The van der Waals surface area contributed by atoms with E-state index in [1.807, 2.05) is 36.7 Å². The molecule has 1 saturated heterocycles. The van der Waals surface area contributed by atoms with Crippen LogP contribution in [-0.2, 0) is 20.7 Å². The first-order valence-corrected chi connectivity index (χ1v) is 11.7. The fourth-order valence-electron chi connectivity index (χ4n) is 4.34. The molecule has 2 N–H and O–H groups in total. The van der Waals surface area contributed by atoms with Crippen LogP contribution in [0, 0.1) is 31.0 Å². The van der Waals surface area contributed by atoms with Crippen LogP contribution in [0.25, 0.3) is 16.6 Å². The number of fused-ring (bicyclic) bond motifs is 1. The number of nitrogens with zero attached hydrogens (tertiary/aromatic N) is 3. The maximum absolute atomic E-state index is 15.1. The lowest BCUT2D eigenvalue weighted by Crippen LogP contribution is -2.49. The number of aromatic nitrogens is 2. The highest BCUT2D eigenvalue weighted by atomic mass is 19.1. The van der Waals surface area contributed by atoms with Crippen LogP contribution in [-0.4, -0.2) is 60.3 Å². The second-order valence-corrected chi connectivity index (χ2v) is 8.87. The largest absolute Gasteiger partial charge is 0.379 e. The third-order valence-electron chi connectivity index (χ3n) is 6.23. The van der Waals surface area contributed by atoms with E-state index in [2.05, 4.69) is 21.7 Å². The molecule has 3 atom stereocenters. The number of halogens is 1. The summed E-state index contributed by atoms with van der Waals surface area (Å²) in [6, 6.07) is 8.11. The summed E-state index contributed by atoms with van der Waals surface area (Å²) in [5, 5.41) is 15.5. The van der Waals surface area contributed by atoms with Crippen LogP contribution < -0.4 is 10.6 Å². The maximum Gasteiger partial charge on any atom is 0.251 e. The zero-order valence-electron chi connectivity index (χ0n) is 20.2. The lowest BCUT2D eigenvalue weighted by Gasteiger charge is -2.25. The van der Waals surface area contributed by atoms with Crippen molar-refractivity contribution in [3.63, 3.8) is 0 Å². The fourth-order valence-corrected chi connectivity index (χ4v) is 4.34. The minimum atomic E-state index is -0.811. The minimum Gasteiger partial charge on any atom is -0.379 e. The summed E-state index contributed by atoms with van der Waals surface area (Å²) in [6.45, 7) is 5.22. The fraction of sp³-hybridized carbons (Fsp3) is 0.423. The van der Waals surface area contributed by atoms with Gasteiger partial charge in [-0.25, -0.2) is 4.39 Å². The third-order valence-corrected chi connectivity index (χ3v) is 6.23. The molecule has 8 nitrogen and oxygen atoms in total. The number of hydrogen-bond acceptors (Lipinski definition) is 6. The number of carbonyl (C=O) groups is 1. The Hall–Kier alpha value is -3.32. The number of rotatable bonds is 6. The van der Waals surface area contributed by atoms with E-state index < -0.39 is 12.1 Å². The van der Waals surface area contributed by atoms with Crippen molar-refractivity contribution in [3.8, 4) is 17.2 Å². The molecule has 1 aliphatic rings. The van der Waals surface area contributed by atoms with Gasteiger partial charge in [-0.05, 0) is 44.5 Å². The first-order valence-electron chi connectivity index (χ1n) is 11.7. The molecule has 0 radical (unpaired) electrons. The summed E-state index contributed by atoms with van der Waals surface area (Å²) in [5.41, 5.74) is 4.52. The molecule has 35 heavy (non-hydrogen) atoms. The first kappa shape index (κ1) is 24.8. The number of nitrogens with one attached hydrogen (secondary N) is 2. The molecule has 0 spiro atoms. The Morgan fingerprint density at radius 3 is 2.97 bits per heavy atom. The zero-order chi connectivity index (χ0) is 24.9. The van der Waals surface area contributed by atoms with Crippen molar-refractivity contribution in [2.45, 2.75) is 44.9 Å². The van der Waals surface area contributed by atoms with Crippen LogP contribution in [0.1, 0.15) is 23.4 Å². The Kier molecular flexibility index (Phi) is 7.76. The Labute approximate surface area is 204 Å². The standard InChI is InChI=1S/C26H30FN5O3/c1-16-13-32-14-19(10-24(32)17(2)30-16)22-5-4-18(9-23(22)27)8-20(11-28)31-26(33)25-12-29-7-6-21(34-3)15-35-25/h4-5,9-10,13-14,20-21,25,29H,6-8,12,15H2,1-3H3,(H,31,33)/t20-,21+,25-/m0/s1. The topological polar surface area (TPSA) is 101 Å². The third kappa shape index (κ3) is 5.85. The van der Waals surface area contributed by atoms with E-state index in [0.717, 1.165) is 28.9 Å². The maximum atomic E-state index is 15.1. The second kappa shape index (κ2) is 11.0. The average Bonchev–Trinajstić information content (AvgIpc) is 3.23. The van der Waals surface area contributed by atoms with E-state index >= 15 is 4.39 Å². The van der Waals surface area contributed by atoms with E-state index in [9.17, 15) is 10.1 Å². The molecule has 0 aliphatic carbocycles. The highest BCUT2D eigenvalue weighted by molar-refractivity contribution is 5.81. The monoisotopic (exact) mass is 479 g/mol. The van der Waals surface area contributed by atoms with Gasteiger partial charge in [0.1, 0.15) is 18.0 Å². The molecule has 3 aromatic rings. The van der Waals surface area contributed by atoms with Crippen LogP contribution in [0.15, 0.2) is 36.7 Å². The number of benzene rings is 1. The van der Waals surface area contributed by atoms with E-state index in [0.29, 0.717) is 30.8 Å². The van der Waals surface area contributed by atoms with Gasteiger partial charge in [0.05, 0.1) is 35.7 Å². The summed E-state index contributed by atoms with van der Waals surface area (Å²) in [5.74, 6) is -0.764. The summed E-state index contributed by atoms with van der Waals surface area (Å²) in [4.78, 5) is 17.2. The van der Waals surface area contributed by atoms with Crippen LogP contribution in [0.2, 0.25) is 0 Å². The van der Waals surface area contributed by atoms with E-state index in [4.69, 9.17) is 9.47 Å². The quantitative estimate of drug-likeness (QED) is 0.564. The van der Waals surface area contributed by atoms with Gasteiger partial charge >= 0.3 is 0 Å². The number of aryl methyl sites for hydroxylation is 2. The molecule has 2 aromatic heterocycles. The minimum absolute atomic E-state index is 0.0889. The van der Waals surface area contributed by atoms with E-state index in [1.165, 1.54) is 6.07 Å². The molecule has 0 saturated carbocycles. The van der Waals surface area contributed by atoms with Crippen LogP contribution >= 0.6 is 0 Å². The Morgan fingerprint density at radius 1 is 1.40 bits per heavy atom. The van der Waals surface area contributed by atoms with E-state index in [-0.39, 0.29) is 24.2 Å². The van der Waals surface area contributed by atoms with Crippen molar-refractivity contribution < 1.29 is 18.7 Å². The van der Waals surface area contributed by atoms with Gasteiger partial charge in [0.15, 0.2) is 0 Å².